The summed E-state index contributed by atoms with van der Waals surface area (Å²) < 4.78 is 6.17. The Morgan fingerprint density at radius 3 is 3.18 bits per heavy atom. The van der Waals surface area contributed by atoms with Crippen LogP contribution in [0, 0.1) is 0 Å². The minimum atomic E-state index is 0.181. The molecule has 2 aliphatic heterocycles. The van der Waals surface area contributed by atoms with Gasteiger partial charge in [0.1, 0.15) is 0 Å². The Morgan fingerprint density at radius 1 is 1.41 bits per heavy atom. The van der Waals surface area contributed by atoms with Crippen molar-refractivity contribution in [1.82, 2.24) is 10.3 Å². The number of aryl methyl sites for hydroxylation is 2. The minimum Gasteiger partial charge on any atom is -0.374 e. The molecule has 1 aromatic rings. The third-order valence-corrected chi connectivity index (χ3v) is 7.87. The van der Waals surface area contributed by atoms with E-state index >= 15 is 0 Å². The van der Waals surface area contributed by atoms with Crippen LogP contribution in [0.5, 0.6) is 0 Å². The van der Waals surface area contributed by atoms with Gasteiger partial charge in [-0.1, -0.05) is 6.92 Å². The second kappa shape index (κ2) is 6.42. The maximum Gasteiger partial charge on any atom is 0.0928 e. The highest BCUT2D eigenvalue weighted by Gasteiger charge is 2.41. The molecule has 1 aromatic heterocycles. The zero-order valence-corrected chi connectivity index (χ0v) is 15.0. The molecule has 2 fully saturated rings. The van der Waals surface area contributed by atoms with Gasteiger partial charge in [0, 0.05) is 29.3 Å². The monoisotopic (exact) mass is 338 g/mol. The molecule has 122 valence electrons. The van der Waals surface area contributed by atoms with Gasteiger partial charge in [-0.25, -0.2) is 4.98 Å². The fraction of sp³-hybridized carbons (Fsp3) is 0.824. The quantitative estimate of drug-likeness (QED) is 0.911. The van der Waals surface area contributed by atoms with Crippen LogP contribution >= 0.6 is 23.1 Å². The molecular weight excluding hydrogens is 312 g/mol. The van der Waals surface area contributed by atoms with Crippen LogP contribution in [0.4, 0.5) is 0 Å². The van der Waals surface area contributed by atoms with Crippen LogP contribution in [0.15, 0.2) is 0 Å². The van der Waals surface area contributed by atoms with Crippen molar-refractivity contribution in [2.75, 3.05) is 18.1 Å². The molecule has 3 atom stereocenters. The molecule has 1 aliphatic carbocycles. The average molecular weight is 339 g/mol. The van der Waals surface area contributed by atoms with Crippen LogP contribution in [-0.4, -0.2) is 34.7 Å². The van der Waals surface area contributed by atoms with E-state index in [2.05, 4.69) is 24.0 Å². The van der Waals surface area contributed by atoms with Gasteiger partial charge < -0.3 is 10.1 Å². The standard InChI is InChI=1S/C17H26N2OS2/c1-2-15-19-14-5-3-4-13(16(14)22-15)18-12-6-8-20-17(10-12)7-9-21-11-17/h12-13,18H,2-11H2,1H3/t12-,13+,17-/m0/s1. The molecule has 3 heterocycles. The first-order chi connectivity index (χ1) is 10.8. The topological polar surface area (TPSA) is 34.2 Å². The summed E-state index contributed by atoms with van der Waals surface area (Å²) in [5.41, 5.74) is 1.56. The molecule has 3 aliphatic rings. The number of thioether (sulfide) groups is 1. The molecule has 0 bridgehead atoms. The first-order valence-electron chi connectivity index (χ1n) is 8.74. The van der Waals surface area contributed by atoms with E-state index in [1.807, 2.05) is 11.3 Å². The fourth-order valence-electron chi connectivity index (χ4n) is 4.10. The molecule has 0 unspecified atom stereocenters. The lowest BCUT2D eigenvalue weighted by Crippen LogP contribution is -2.48. The van der Waals surface area contributed by atoms with Gasteiger partial charge in [0.05, 0.1) is 16.3 Å². The number of aromatic nitrogens is 1. The van der Waals surface area contributed by atoms with Gasteiger partial charge >= 0.3 is 0 Å². The third kappa shape index (κ3) is 2.97. The highest BCUT2D eigenvalue weighted by atomic mass is 32.2. The smallest absolute Gasteiger partial charge is 0.0928 e. The number of rotatable bonds is 3. The summed E-state index contributed by atoms with van der Waals surface area (Å²) in [6, 6.07) is 1.16. The van der Waals surface area contributed by atoms with Gasteiger partial charge in [-0.05, 0) is 50.7 Å². The largest absolute Gasteiger partial charge is 0.374 e. The summed E-state index contributed by atoms with van der Waals surface area (Å²) in [7, 11) is 0. The van der Waals surface area contributed by atoms with Crippen molar-refractivity contribution in [2.24, 2.45) is 0 Å². The van der Waals surface area contributed by atoms with Gasteiger partial charge in [-0.15, -0.1) is 11.3 Å². The molecule has 4 rings (SSSR count). The number of nitrogens with zero attached hydrogens (tertiary/aromatic N) is 1. The fourth-order valence-corrected chi connectivity index (χ4v) is 6.62. The summed E-state index contributed by atoms with van der Waals surface area (Å²) in [6.07, 6.45) is 8.41. The number of hydrogen-bond donors (Lipinski definition) is 1. The first kappa shape index (κ1) is 15.4. The van der Waals surface area contributed by atoms with E-state index in [1.54, 1.807) is 0 Å². The molecule has 22 heavy (non-hydrogen) atoms. The summed E-state index contributed by atoms with van der Waals surface area (Å²) in [5, 5.41) is 5.30. The van der Waals surface area contributed by atoms with E-state index in [9.17, 15) is 0 Å². The predicted molar refractivity (Wildman–Crippen MR) is 94.0 cm³/mol. The SMILES string of the molecule is CCc1nc2c(s1)[C@H](N[C@H]1CCO[C@@]3(CCSC3)C1)CCC2. The van der Waals surface area contributed by atoms with Crippen LogP contribution in [0.3, 0.4) is 0 Å². The van der Waals surface area contributed by atoms with Gasteiger partial charge in [0.15, 0.2) is 0 Å². The number of nitrogens with one attached hydrogen (secondary N) is 1. The lowest BCUT2D eigenvalue weighted by molar-refractivity contribution is -0.0715. The average Bonchev–Trinajstić information content (AvgIpc) is 3.15. The van der Waals surface area contributed by atoms with E-state index in [0.717, 1.165) is 19.4 Å². The second-order valence-corrected chi connectivity index (χ2v) is 9.13. The van der Waals surface area contributed by atoms with E-state index in [-0.39, 0.29) is 5.60 Å². The van der Waals surface area contributed by atoms with E-state index < -0.39 is 0 Å². The lowest BCUT2D eigenvalue weighted by Gasteiger charge is -2.40. The molecule has 3 nitrogen and oxygen atoms in total. The molecule has 0 saturated carbocycles. The maximum atomic E-state index is 6.17. The van der Waals surface area contributed by atoms with Crippen molar-refractivity contribution in [1.29, 1.82) is 0 Å². The Bertz CT molecular complexity index is 525. The van der Waals surface area contributed by atoms with Crippen molar-refractivity contribution < 1.29 is 4.74 Å². The van der Waals surface area contributed by atoms with Gasteiger partial charge in [-0.2, -0.15) is 11.8 Å². The van der Waals surface area contributed by atoms with Gasteiger partial charge in [-0.3, -0.25) is 0 Å². The maximum absolute atomic E-state index is 6.17. The van der Waals surface area contributed by atoms with E-state index in [4.69, 9.17) is 9.72 Å². The molecule has 0 aromatic carbocycles. The molecule has 0 amide bonds. The van der Waals surface area contributed by atoms with E-state index in [1.165, 1.54) is 59.2 Å². The van der Waals surface area contributed by atoms with E-state index in [0.29, 0.717) is 12.1 Å². The van der Waals surface area contributed by atoms with Gasteiger partial charge in [0.2, 0.25) is 0 Å². The molecule has 0 radical (unpaired) electrons. The minimum absolute atomic E-state index is 0.181. The van der Waals surface area contributed by atoms with Crippen LogP contribution in [0.1, 0.15) is 60.6 Å². The Labute approximate surface area is 141 Å². The molecular formula is C17H26N2OS2. The van der Waals surface area contributed by atoms with Crippen LogP contribution in [0.2, 0.25) is 0 Å². The summed E-state index contributed by atoms with van der Waals surface area (Å²) in [6.45, 7) is 3.15. The van der Waals surface area contributed by atoms with Crippen LogP contribution in [-0.2, 0) is 17.6 Å². The van der Waals surface area contributed by atoms with Crippen molar-refractivity contribution >= 4 is 23.1 Å². The van der Waals surface area contributed by atoms with Crippen molar-refractivity contribution in [3.05, 3.63) is 15.6 Å². The Balaban J connectivity index is 1.46. The number of ether oxygens (including phenoxy) is 1. The Morgan fingerprint density at radius 2 is 2.36 bits per heavy atom. The lowest BCUT2D eigenvalue weighted by atomic mass is 9.88. The zero-order chi connectivity index (χ0) is 15.0. The van der Waals surface area contributed by atoms with Crippen molar-refractivity contribution in [3.8, 4) is 0 Å². The summed E-state index contributed by atoms with van der Waals surface area (Å²) in [5.74, 6) is 2.47. The van der Waals surface area contributed by atoms with Crippen LogP contribution < -0.4 is 5.32 Å². The highest BCUT2D eigenvalue weighted by Crippen LogP contribution is 2.40. The molecule has 5 heteroatoms. The normalized spacial score (nSPS) is 35.0. The molecule has 2 saturated heterocycles. The first-order valence-corrected chi connectivity index (χ1v) is 10.7. The van der Waals surface area contributed by atoms with Crippen LogP contribution in [0.25, 0.3) is 0 Å². The third-order valence-electron chi connectivity index (χ3n) is 5.29. The Kier molecular flexibility index (Phi) is 4.50. The predicted octanol–water partition coefficient (Wildman–Crippen LogP) is 3.73. The Hall–Kier alpha value is -0.100. The van der Waals surface area contributed by atoms with Gasteiger partial charge in [0.25, 0.3) is 0 Å². The molecule has 1 spiro atoms. The number of thiazole rings is 1. The summed E-state index contributed by atoms with van der Waals surface area (Å²) in [4.78, 5) is 6.37. The summed E-state index contributed by atoms with van der Waals surface area (Å²) >= 11 is 4.01. The highest BCUT2D eigenvalue weighted by molar-refractivity contribution is 7.99. The zero-order valence-electron chi connectivity index (χ0n) is 13.4. The van der Waals surface area contributed by atoms with Crippen molar-refractivity contribution in [3.63, 3.8) is 0 Å². The van der Waals surface area contributed by atoms with Crippen molar-refractivity contribution in [2.45, 2.75) is 69.6 Å². The number of fused-ring (bicyclic) bond motifs is 1. The second-order valence-electron chi connectivity index (χ2n) is 6.91. The molecule has 1 N–H and O–H groups in total. The number of hydrogen-bond acceptors (Lipinski definition) is 5.